The van der Waals surface area contributed by atoms with Gasteiger partial charge in [-0.05, 0) is 61.4 Å². The normalized spacial score (nSPS) is 10.9. The number of anilines is 4. The molecule has 0 aliphatic rings. The minimum absolute atomic E-state index is 0.476. The van der Waals surface area contributed by atoms with Crippen LogP contribution >= 0.6 is 0 Å². The van der Waals surface area contributed by atoms with Crippen LogP contribution in [0.25, 0.3) is 22.2 Å². The average molecular weight is 424 g/mol. The summed E-state index contributed by atoms with van der Waals surface area (Å²) in [4.78, 5) is 27.3. The summed E-state index contributed by atoms with van der Waals surface area (Å²) < 4.78 is 5.05. The van der Waals surface area contributed by atoms with Crippen LogP contribution in [0.3, 0.4) is 0 Å². The molecule has 3 heterocycles. The molecule has 5 aromatic rings. The highest BCUT2D eigenvalue weighted by Gasteiger charge is 2.09. The first-order chi connectivity index (χ1) is 15.5. The highest BCUT2D eigenvalue weighted by molar-refractivity contribution is 5.78. The van der Waals surface area contributed by atoms with E-state index in [0.29, 0.717) is 22.9 Å². The number of aromatic nitrogens is 4. The Balaban J connectivity index is 1.38. The molecule has 0 fully saturated rings. The fraction of sp³-hybridized carbons (Fsp3) is 0.0833. The van der Waals surface area contributed by atoms with E-state index in [4.69, 9.17) is 4.42 Å². The summed E-state index contributed by atoms with van der Waals surface area (Å²) in [5, 5.41) is 6.55. The minimum atomic E-state index is -0.480. The molecule has 5 rings (SSSR count). The van der Waals surface area contributed by atoms with Crippen LogP contribution in [0.2, 0.25) is 0 Å². The SMILES string of the molecule is Cc1cc(Nc2ncc(C)c(Nc3ccc4oc(=O)[nH]c4c3)n2)ccc1-c1cccnc1. The first kappa shape index (κ1) is 19.5. The molecule has 8 heteroatoms. The van der Waals surface area contributed by atoms with Crippen LogP contribution in [-0.2, 0) is 0 Å². The highest BCUT2D eigenvalue weighted by Crippen LogP contribution is 2.27. The lowest BCUT2D eigenvalue weighted by Crippen LogP contribution is -2.03. The predicted octanol–water partition coefficient (Wildman–Crippen LogP) is 5.08. The average Bonchev–Trinajstić information content (AvgIpc) is 3.16. The number of benzene rings is 2. The number of oxazole rings is 1. The lowest BCUT2D eigenvalue weighted by molar-refractivity contribution is 0.555. The number of fused-ring (bicyclic) bond motifs is 1. The van der Waals surface area contributed by atoms with Gasteiger partial charge in [0.25, 0.3) is 0 Å². The van der Waals surface area contributed by atoms with Gasteiger partial charge in [0, 0.05) is 41.1 Å². The number of aryl methyl sites for hydroxylation is 2. The Kier molecular flexibility index (Phi) is 4.87. The third-order valence-electron chi connectivity index (χ3n) is 5.11. The van der Waals surface area contributed by atoms with Crippen LogP contribution in [0.15, 0.2) is 76.3 Å². The molecule has 0 saturated heterocycles. The fourth-order valence-corrected chi connectivity index (χ4v) is 3.51. The van der Waals surface area contributed by atoms with Crippen molar-refractivity contribution in [2.75, 3.05) is 10.6 Å². The maximum atomic E-state index is 11.4. The second-order valence-electron chi connectivity index (χ2n) is 7.47. The van der Waals surface area contributed by atoms with E-state index in [0.717, 1.165) is 33.6 Å². The van der Waals surface area contributed by atoms with Gasteiger partial charge in [-0.3, -0.25) is 9.97 Å². The molecule has 0 radical (unpaired) electrons. The number of hydrogen-bond acceptors (Lipinski definition) is 7. The minimum Gasteiger partial charge on any atom is -0.408 e. The molecule has 0 amide bonds. The van der Waals surface area contributed by atoms with Crippen LogP contribution in [0.5, 0.6) is 0 Å². The third-order valence-corrected chi connectivity index (χ3v) is 5.11. The van der Waals surface area contributed by atoms with Crippen LogP contribution in [-0.4, -0.2) is 19.9 Å². The molecule has 8 nitrogen and oxygen atoms in total. The van der Waals surface area contributed by atoms with E-state index in [1.165, 1.54) is 0 Å². The van der Waals surface area contributed by atoms with Gasteiger partial charge in [0.05, 0.1) is 5.52 Å². The van der Waals surface area contributed by atoms with Gasteiger partial charge in [-0.1, -0.05) is 12.1 Å². The number of pyridine rings is 1. The maximum Gasteiger partial charge on any atom is 0.417 e. The second-order valence-corrected chi connectivity index (χ2v) is 7.47. The Morgan fingerprint density at radius 2 is 1.78 bits per heavy atom. The van der Waals surface area contributed by atoms with Gasteiger partial charge in [-0.25, -0.2) is 9.78 Å². The zero-order valence-electron chi connectivity index (χ0n) is 17.5. The molecule has 0 saturated carbocycles. The third kappa shape index (κ3) is 3.93. The van der Waals surface area contributed by atoms with Crippen molar-refractivity contribution in [3.8, 4) is 11.1 Å². The topological polar surface area (TPSA) is 109 Å². The van der Waals surface area contributed by atoms with Gasteiger partial charge in [-0.15, -0.1) is 0 Å². The van der Waals surface area contributed by atoms with E-state index >= 15 is 0 Å². The van der Waals surface area contributed by atoms with Crippen molar-refractivity contribution < 1.29 is 4.42 Å². The van der Waals surface area contributed by atoms with E-state index in [1.807, 2.05) is 37.4 Å². The Labute approximate surface area is 183 Å². The zero-order valence-corrected chi connectivity index (χ0v) is 17.5. The molecule has 3 aromatic heterocycles. The summed E-state index contributed by atoms with van der Waals surface area (Å²) in [6.45, 7) is 3.99. The molecule has 0 atom stereocenters. The summed E-state index contributed by atoms with van der Waals surface area (Å²) in [6.07, 6.45) is 5.38. The molecule has 3 N–H and O–H groups in total. The second kappa shape index (κ2) is 7.99. The van der Waals surface area contributed by atoms with Crippen molar-refractivity contribution in [3.05, 3.63) is 88.8 Å². The van der Waals surface area contributed by atoms with E-state index in [2.05, 4.69) is 49.6 Å². The monoisotopic (exact) mass is 424 g/mol. The number of nitrogens with one attached hydrogen (secondary N) is 3. The molecule has 0 spiro atoms. The Hall–Kier alpha value is -4.46. The van der Waals surface area contributed by atoms with Gasteiger partial charge in [0.15, 0.2) is 5.58 Å². The number of H-pyrrole nitrogens is 1. The first-order valence-electron chi connectivity index (χ1n) is 10.1. The van der Waals surface area contributed by atoms with Crippen molar-refractivity contribution in [3.63, 3.8) is 0 Å². The smallest absolute Gasteiger partial charge is 0.408 e. The molecule has 0 bridgehead atoms. The standard InChI is InChI=1S/C24H20N6O2/c1-14-10-17(5-7-19(14)16-4-3-9-25-13-16)28-23-26-12-15(2)22(30-23)27-18-6-8-21-20(11-18)29-24(31)32-21/h3-13H,1-2H3,(H,29,31)(H2,26,27,28,30). The summed E-state index contributed by atoms with van der Waals surface area (Å²) in [5.74, 6) is 0.660. The molecule has 32 heavy (non-hydrogen) atoms. The Bertz CT molecular complexity index is 1470. The molecular weight excluding hydrogens is 404 g/mol. The number of aromatic amines is 1. The maximum absolute atomic E-state index is 11.4. The van der Waals surface area contributed by atoms with Gasteiger partial charge in [0.1, 0.15) is 5.82 Å². The highest BCUT2D eigenvalue weighted by atomic mass is 16.4. The molecule has 0 aliphatic carbocycles. The molecular formula is C24H20N6O2. The quantitative estimate of drug-likeness (QED) is 0.361. The van der Waals surface area contributed by atoms with Gasteiger partial charge in [-0.2, -0.15) is 4.98 Å². The largest absolute Gasteiger partial charge is 0.417 e. The molecule has 2 aromatic carbocycles. The van der Waals surface area contributed by atoms with E-state index in [-0.39, 0.29) is 0 Å². The molecule has 0 aliphatic heterocycles. The van der Waals surface area contributed by atoms with Crippen molar-refractivity contribution in [2.24, 2.45) is 0 Å². The van der Waals surface area contributed by atoms with Crippen molar-refractivity contribution in [2.45, 2.75) is 13.8 Å². The van der Waals surface area contributed by atoms with Crippen molar-refractivity contribution in [1.29, 1.82) is 0 Å². The molecule has 158 valence electrons. The summed E-state index contributed by atoms with van der Waals surface area (Å²) >= 11 is 0. The van der Waals surface area contributed by atoms with Crippen LogP contribution < -0.4 is 16.4 Å². The number of nitrogens with zero attached hydrogens (tertiary/aromatic N) is 3. The van der Waals surface area contributed by atoms with E-state index < -0.39 is 5.76 Å². The van der Waals surface area contributed by atoms with E-state index in [1.54, 1.807) is 24.5 Å². The van der Waals surface area contributed by atoms with E-state index in [9.17, 15) is 4.79 Å². The van der Waals surface area contributed by atoms with Crippen LogP contribution in [0, 0.1) is 13.8 Å². The molecule has 0 unspecified atom stereocenters. The van der Waals surface area contributed by atoms with Crippen LogP contribution in [0.1, 0.15) is 11.1 Å². The van der Waals surface area contributed by atoms with Crippen molar-refractivity contribution in [1.82, 2.24) is 19.9 Å². The number of rotatable bonds is 5. The van der Waals surface area contributed by atoms with Gasteiger partial charge >= 0.3 is 5.76 Å². The summed E-state index contributed by atoms with van der Waals surface area (Å²) in [7, 11) is 0. The Morgan fingerprint density at radius 3 is 2.59 bits per heavy atom. The van der Waals surface area contributed by atoms with Crippen LogP contribution in [0.4, 0.5) is 23.1 Å². The zero-order chi connectivity index (χ0) is 22.1. The summed E-state index contributed by atoms with van der Waals surface area (Å²) in [5.41, 5.74) is 7.01. The fourth-order valence-electron chi connectivity index (χ4n) is 3.51. The van der Waals surface area contributed by atoms with Gasteiger partial charge in [0.2, 0.25) is 5.95 Å². The van der Waals surface area contributed by atoms with Gasteiger partial charge < -0.3 is 15.1 Å². The number of hydrogen-bond donors (Lipinski definition) is 3. The first-order valence-corrected chi connectivity index (χ1v) is 10.1. The summed E-state index contributed by atoms with van der Waals surface area (Å²) in [6, 6.07) is 15.4. The lowest BCUT2D eigenvalue weighted by Gasteiger charge is -2.12. The Morgan fingerprint density at radius 1 is 0.938 bits per heavy atom. The predicted molar refractivity (Wildman–Crippen MR) is 125 cm³/mol. The van der Waals surface area contributed by atoms with Crippen molar-refractivity contribution >= 4 is 34.2 Å². The lowest BCUT2D eigenvalue weighted by atomic mass is 10.0.